The Morgan fingerprint density at radius 2 is 1.95 bits per heavy atom. The molecule has 1 N–H and O–H groups in total. The first-order valence-corrected chi connectivity index (χ1v) is 7.81. The summed E-state index contributed by atoms with van der Waals surface area (Å²) in [4.78, 5) is 6.63. The first-order chi connectivity index (χ1) is 10.5. The Hall–Kier alpha value is -1.72. The molecule has 0 unspecified atom stereocenters. The maximum absolute atomic E-state index is 10.1. The molecule has 1 aliphatic rings. The van der Waals surface area contributed by atoms with Gasteiger partial charge in [0.05, 0.1) is 12.1 Å². The molecule has 0 bridgehead atoms. The Balaban J connectivity index is 1.69. The van der Waals surface area contributed by atoms with Crippen LogP contribution < -0.4 is 0 Å². The van der Waals surface area contributed by atoms with E-state index in [-0.39, 0.29) is 0 Å². The second-order valence-electron chi connectivity index (χ2n) is 6.77. The molecular formula is C17H23N3O2. The highest BCUT2D eigenvalue weighted by atomic mass is 16.5. The fourth-order valence-corrected chi connectivity index (χ4v) is 2.58. The summed E-state index contributed by atoms with van der Waals surface area (Å²) in [7, 11) is 0. The van der Waals surface area contributed by atoms with E-state index < -0.39 is 5.60 Å². The minimum absolute atomic E-state index is 0.470. The van der Waals surface area contributed by atoms with Crippen LogP contribution in [0.15, 0.2) is 34.9 Å². The van der Waals surface area contributed by atoms with E-state index in [1.54, 1.807) is 0 Å². The van der Waals surface area contributed by atoms with Crippen LogP contribution >= 0.6 is 0 Å². The van der Waals surface area contributed by atoms with Crippen molar-refractivity contribution in [3.05, 3.63) is 47.6 Å². The Morgan fingerprint density at radius 3 is 2.59 bits per heavy atom. The number of aromatic nitrogens is 2. The molecule has 0 amide bonds. The molecule has 0 atom stereocenters. The van der Waals surface area contributed by atoms with Gasteiger partial charge in [-0.1, -0.05) is 35.5 Å². The first-order valence-electron chi connectivity index (χ1n) is 7.81. The van der Waals surface area contributed by atoms with Crippen LogP contribution in [-0.4, -0.2) is 32.3 Å². The molecule has 0 spiro atoms. The SMILES string of the molecule is CC(C)(O)CN(Cc1ccccc1)Cc1noc(C2CC2)n1. The molecule has 0 aliphatic heterocycles. The van der Waals surface area contributed by atoms with Crippen molar-refractivity contribution in [3.8, 4) is 0 Å². The van der Waals surface area contributed by atoms with Gasteiger partial charge in [-0.05, 0) is 32.3 Å². The van der Waals surface area contributed by atoms with Gasteiger partial charge < -0.3 is 9.63 Å². The molecule has 1 aromatic carbocycles. The average molecular weight is 301 g/mol. The van der Waals surface area contributed by atoms with Gasteiger partial charge in [0.2, 0.25) is 5.89 Å². The summed E-state index contributed by atoms with van der Waals surface area (Å²) < 4.78 is 5.32. The Bertz CT molecular complexity index is 600. The van der Waals surface area contributed by atoms with Crippen LogP contribution in [0.2, 0.25) is 0 Å². The number of hydrogen-bond donors (Lipinski definition) is 1. The van der Waals surface area contributed by atoms with Crippen molar-refractivity contribution in [3.63, 3.8) is 0 Å². The third kappa shape index (κ3) is 4.39. The van der Waals surface area contributed by atoms with Crippen LogP contribution in [-0.2, 0) is 13.1 Å². The van der Waals surface area contributed by atoms with Gasteiger partial charge >= 0.3 is 0 Å². The fraction of sp³-hybridized carbons (Fsp3) is 0.529. The molecule has 1 fully saturated rings. The van der Waals surface area contributed by atoms with Crippen LogP contribution in [0.4, 0.5) is 0 Å². The normalized spacial score (nSPS) is 15.5. The van der Waals surface area contributed by atoms with Gasteiger partial charge in [-0.2, -0.15) is 4.98 Å². The van der Waals surface area contributed by atoms with Gasteiger partial charge in [-0.15, -0.1) is 0 Å². The average Bonchev–Trinajstić information content (AvgIpc) is 3.19. The fourth-order valence-electron chi connectivity index (χ4n) is 2.58. The molecule has 1 saturated carbocycles. The van der Waals surface area contributed by atoms with E-state index in [4.69, 9.17) is 4.52 Å². The zero-order chi connectivity index (χ0) is 15.6. The third-order valence-electron chi connectivity index (χ3n) is 3.63. The predicted octanol–water partition coefficient (Wildman–Crippen LogP) is 2.72. The minimum Gasteiger partial charge on any atom is -0.389 e. The third-order valence-corrected chi connectivity index (χ3v) is 3.63. The predicted molar refractivity (Wildman–Crippen MR) is 83.1 cm³/mol. The number of hydrogen-bond acceptors (Lipinski definition) is 5. The first kappa shape index (κ1) is 15.2. The van der Waals surface area contributed by atoms with Crippen molar-refractivity contribution in [1.82, 2.24) is 15.0 Å². The minimum atomic E-state index is -0.766. The van der Waals surface area contributed by atoms with Gasteiger partial charge in [0, 0.05) is 19.0 Å². The number of rotatable bonds is 7. The molecule has 22 heavy (non-hydrogen) atoms. The van der Waals surface area contributed by atoms with E-state index in [0.29, 0.717) is 24.8 Å². The summed E-state index contributed by atoms with van der Waals surface area (Å²) in [6.45, 7) is 5.51. The number of nitrogens with zero attached hydrogens (tertiary/aromatic N) is 3. The van der Waals surface area contributed by atoms with E-state index in [1.807, 2.05) is 32.0 Å². The zero-order valence-corrected chi connectivity index (χ0v) is 13.2. The van der Waals surface area contributed by atoms with Crippen LogP contribution in [0.1, 0.15) is 49.9 Å². The van der Waals surface area contributed by atoms with Crippen LogP contribution in [0.3, 0.4) is 0 Å². The standard InChI is InChI=1S/C17H23N3O2/c1-17(2,21)12-20(10-13-6-4-3-5-7-13)11-15-18-16(22-19-15)14-8-9-14/h3-7,14,21H,8-12H2,1-2H3. The lowest BCUT2D eigenvalue weighted by molar-refractivity contribution is 0.0296. The highest BCUT2D eigenvalue weighted by Crippen LogP contribution is 2.38. The molecular weight excluding hydrogens is 278 g/mol. The topological polar surface area (TPSA) is 62.4 Å². The molecule has 5 heteroatoms. The summed E-state index contributed by atoms with van der Waals surface area (Å²) in [5.41, 5.74) is 0.440. The van der Waals surface area contributed by atoms with E-state index in [9.17, 15) is 5.11 Å². The van der Waals surface area contributed by atoms with Crippen molar-refractivity contribution in [2.75, 3.05) is 6.54 Å². The Labute approximate surface area is 131 Å². The molecule has 1 aliphatic carbocycles. The Morgan fingerprint density at radius 1 is 1.23 bits per heavy atom. The van der Waals surface area contributed by atoms with Crippen molar-refractivity contribution < 1.29 is 9.63 Å². The largest absolute Gasteiger partial charge is 0.389 e. The number of aliphatic hydroxyl groups is 1. The van der Waals surface area contributed by atoms with Crippen molar-refractivity contribution >= 4 is 0 Å². The molecule has 3 rings (SSSR count). The Kier molecular flexibility index (Phi) is 4.27. The summed E-state index contributed by atoms with van der Waals surface area (Å²) in [6.07, 6.45) is 2.30. The summed E-state index contributed by atoms with van der Waals surface area (Å²) in [5.74, 6) is 1.93. The monoisotopic (exact) mass is 301 g/mol. The van der Waals surface area contributed by atoms with Crippen LogP contribution in [0.5, 0.6) is 0 Å². The molecule has 5 nitrogen and oxygen atoms in total. The van der Waals surface area contributed by atoms with Crippen molar-refractivity contribution in [2.45, 2.75) is 51.3 Å². The molecule has 2 aromatic rings. The molecule has 0 saturated heterocycles. The highest BCUT2D eigenvalue weighted by molar-refractivity contribution is 5.14. The molecule has 0 radical (unpaired) electrons. The van der Waals surface area contributed by atoms with Gasteiger partial charge in [-0.25, -0.2) is 0 Å². The lowest BCUT2D eigenvalue weighted by Gasteiger charge is -2.28. The highest BCUT2D eigenvalue weighted by Gasteiger charge is 2.30. The smallest absolute Gasteiger partial charge is 0.229 e. The van der Waals surface area contributed by atoms with E-state index in [2.05, 4.69) is 27.2 Å². The van der Waals surface area contributed by atoms with Gasteiger partial charge in [0.15, 0.2) is 5.82 Å². The van der Waals surface area contributed by atoms with E-state index >= 15 is 0 Å². The molecule has 118 valence electrons. The quantitative estimate of drug-likeness (QED) is 0.852. The summed E-state index contributed by atoms with van der Waals surface area (Å²) >= 11 is 0. The van der Waals surface area contributed by atoms with Crippen LogP contribution in [0.25, 0.3) is 0 Å². The van der Waals surface area contributed by atoms with Crippen LogP contribution in [0, 0.1) is 0 Å². The summed E-state index contributed by atoms with van der Waals surface area (Å²) in [5, 5.41) is 14.2. The molecule has 1 heterocycles. The van der Waals surface area contributed by atoms with Gasteiger partial charge in [0.1, 0.15) is 0 Å². The second-order valence-corrected chi connectivity index (χ2v) is 6.77. The van der Waals surface area contributed by atoms with E-state index in [1.165, 1.54) is 5.56 Å². The summed E-state index contributed by atoms with van der Waals surface area (Å²) in [6, 6.07) is 10.2. The molecule has 1 aromatic heterocycles. The van der Waals surface area contributed by atoms with Crippen molar-refractivity contribution in [2.24, 2.45) is 0 Å². The second kappa shape index (κ2) is 6.18. The number of benzene rings is 1. The lowest BCUT2D eigenvalue weighted by atomic mass is 10.1. The maximum Gasteiger partial charge on any atom is 0.229 e. The van der Waals surface area contributed by atoms with E-state index in [0.717, 1.165) is 25.3 Å². The van der Waals surface area contributed by atoms with Crippen molar-refractivity contribution in [1.29, 1.82) is 0 Å². The lowest BCUT2D eigenvalue weighted by Crippen LogP contribution is -2.38. The zero-order valence-electron chi connectivity index (χ0n) is 13.2. The van der Waals surface area contributed by atoms with Gasteiger partial charge in [-0.3, -0.25) is 4.90 Å². The van der Waals surface area contributed by atoms with Gasteiger partial charge in [0.25, 0.3) is 0 Å². The maximum atomic E-state index is 10.1.